The zero-order valence-electron chi connectivity index (χ0n) is 10.8. The molecule has 0 spiro atoms. The molecule has 0 saturated carbocycles. The fourth-order valence-electron chi connectivity index (χ4n) is 1.46. The van der Waals surface area contributed by atoms with Gasteiger partial charge in [-0.2, -0.15) is 13.2 Å². The van der Waals surface area contributed by atoms with Crippen molar-refractivity contribution in [2.24, 2.45) is 0 Å². The highest BCUT2D eigenvalue weighted by Crippen LogP contribution is 2.36. The van der Waals surface area contributed by atoms with Crippen molar-refractivity contribution >= 4 is 21.9 Å². The average Bonchev–Trinajstić information content (AvgIpc) is 2.37. The first kappa shape index (κ1) is 18.5. The van der Waals surface area contributed by atoms with Crippen LogP contribution in [0.3, 0.4) is 0 Å². The van der Waals surface area contributed by atoms with Crippen molar-refractivity contribution in [1.82, 2.24) is 4.98 Å². The van der Waals surface area contributed by atoms with Gasteiger partial charge in [0.15, 0.2) is 5.75 Å². The Hall–Kier alpha value is -1.52. The molecule has 11 heteroatoms. The van der Waals surface area contributed by atoms with Crippen LogP contribution in [0, 0.1) is 0 Å². The van der Waals surface area contributed by atoms with Crippen LogP contribution in [0.4, 0.5) is 26.3 Å². The van der Waals surface area contributed by atoms with E-state index in [1.807, 2.05) is 0 Å². The van der Waals surface area contributed by atoms with Crippen molar-refractivity contribution in [1.29, 1.82) is 0 Å². The lowest BCUT2D eigenvalue weighted by Gasteiger charge is -2.17. The maximum Gasteiger partial charge on any atom is 0.573 e. The molecule has 0 unspecified atom stereocenters. The van der Waals surface area contributed by atoms with Crippen LogP contribution < -0.4 is 4.74 Å². The van der Waals surface area contributed by atoms with Gasteiger partial charge in [0.2, 0.25) is 0 Å². The second-order valence-electron chi connectivity index (χ2n) is 3.87. The predicted molar refractivity (Wildman–Crippen MR) is 64.3 cm³/mol. The van der Waals surface area contributed by atoms with E-state index in [9.17, 15) is 31.1 Å². The fraction of sp³-hybridized carbons (Fsp3) is 0.455. The molecule has 0 bridgehead atoms. The zero-order chi connectivity index (χ0) is 17.1. The Morgan fingerprint density at radius 2 is 1.86 bits per heavy atom. The van der Waals surface area contributed by atoms with Gasteiger partial charge in [0.1, 0.15) is 5.69 Å². The normalized spacial score (nSPS) is 12.2. The fourth-order valence-corrected chi connectivity index (χ4v) is 1.87. The van der Waals surface area contributed by atoms with E-state index >= 15 is 0 Å². The number of pyridine rings is 1. The van der Waals surface area contributed by atoms with Gasteiger partial charge in [0.25, 0.3) is 0 Å². The van der Waals surface area contributed by atoms with Gasteiger partial charge < -0.3 is 9.47 Å². The third-order valence-corrected chi connectivity index (χ3v) is 2.92. The summed E-state index contributed by atoms with van der Waals surface area (Å²) in [5.74, 6) is -2.01. The maximum absolute atomic E-state index is 12.7. The molecule has 0 aromatic carbocycles. The van der Waals surface area contributed by atoms with E-state index in [-0.39, 0.29) is 5.33 Å². The Labute approximate surface area is 128 Å². The number of carbonyl (C=O) groups excluding carboxylic acids is 1. The van der Waals surface area contributed by atoms with E-state index in [0.29, 0.717) is 6.07 Å². The molecule has 0 N–H and O–H groups in total. The first-order valence-electron chi connectivity index (χ1n) is 5.46. The quantitative estimate of drug-likeness (QED) is 0.444. The van der Waals surface area contributed by atoms with Gasteiger partial charge in [0.05, 0.1) is 19.2 Å². The number of hydrogen-bond donors (Lipinski definition) is 0. The van der Waals surface area contributed by atoms with Crippen LogP contribution in [0.5, 0.6) is 5.75 Å². The van der Waals surface area contributed by atoms with Crippen molar-refractivity contribution in [2.45, 2.75) is 24.3 Å². The number of hydrogen-bond acceptors (Lipinski definition) is 4. The minimum atomic E-state index is -5.15. The Morgan fingerprint density at radius 1 is 1.27 bits per heavy atom. The summed E-state index contributed by atoms with van der Waals surface area (Å²) in [6.07, 6.45) is -10.9. The third-order valence-electron chi connectivity index (χ3n) is 2.31. The van der Waals surface area contributed by atoms with Crippen LogP contribution in [0.2, 0.25) is 0 Å². The summed E-state index contributed by atoms with van der Waals surface area (Å²) in [4.78, 5) is 14.2. The zero-order valence-corrected chi connectivity index (χ0v) is 12.4. The topological polar surface area (TPSA) is 48.4 Å². The molecule has 0 aliphatic heterocycles. The number of esters is 1. The maximum atomic E-state index is 12.7. The van der Waals surface area contributed by atoms with Crippen LogP contribution in [-0.4, -0.2) is 24.4 Å². The van der Waals surface area contributed by atoms with E-state index in [1.54, 1.807) is 0 Å². The van der Waals surface area contributed by atoms with E-state index in [2.05, 4.69) is 30.4 Å². The summed E-state index contributed by atoms with van der Waals surface area (Å²) in [5.41, 5.74) is -2.69. The lowest BCUT2D eigenvalue weighted by Crippen LogP contribution is -2.22. The minimum absolute atomic E-state index is 0.363. The second-order valence-corrected chi connectivity index (χ2v) is 4.44. The van der Waals surface area contributed by atoms with E-state index in [0.717, 1.165) is 7.11 Å². The average molecular weight is 396 g/mol. The summed E-state index contributed by atoms with van der Waals surface area (Å²) >= 11 is 2.78. The van der Waals surface area contributed by atoms with E-state index in [1.165, 1.54) is 0 Å². The van der Waals surface area contributed by atoms with Gasteiger partial charge in [-0.3, -0.25) is 4.79 Å². The predicted octanol–water partition coefficient (Wildman–Crippen LogP) is 3.61. The Kier molecular flexibility index (Phi) is 5.65. The lowest BCUT2D eigenvalue weighted by molar-refractivity contribution is -0.275. The molecule has 22 heavy (non-hydrogen) atoms. The molecule has 0 fully saturated rings. The van der Waals surface area contributed by atoms with Crippen LogP contribution >= 0.6 is 15.9 Å². The molecule has 0 radical (unpaired) electrons. The monoisotopic (exact) mass is 395 g/mol. The summed E-state index contributed by atoms with van der Waals surface area (Å²) in [6.45, 7) is 0. The van der Waals surface area contributed by atoms with Crippen molar-refractivity contribution in [3.63, 3.8) is 0 Å². The summed E-state index contributed by atoms with van der Waals surface area (Å²) in [6, 6.07) is 0.413. The number of rotatable bonds is 4. The molecule has 1 aromatic heterocycles. The summed E-state index contributed by atoms with van der Waals surface area (Å²) in [7, 11) is 0.936. The Morgan fingerprint density at radius 3 is 2.27 bits per heavy atom. The third kappa shape index (κ3) is 5.04. The van der Waals surface area contributed by atoms with Gasteiger partial charge in [-0.25, -0.2) is 4.98 Å². The molecule has 0 amide bonds. The molecule has 1 aromatic rings. The lowest BCUT2D eigenvalue weighted by atomic mass is 10.1. The van der Waals surface area contributed by atoms with Crippen LogP contribution in [-0.2, 0) is 27.5 Å². The van der Waals surface area contributed by atoms with E-state index in [4.69, 9.17) is 0 Å². The number of nitrogens with zero attached hydrogens (tertiary/aromatic N) is 1. The van der Waals surface area contributed by atoms with Gasteiger partial charge >= 0.3 is 18.5 Å². The SMILES string of the molecule is COC(=O)Cc1nc(C(F)(F)F)cc(CBr)c1OC(F)(F)F. The molecular weight excluding hydrogens is 388 g/mol. The van der Waals surface area contributed by atoms with Crippen LogP contribution in [0.1, 0.15) is 17.0 Å². The molecule has 0 aliphatic carbocycles. The Bertz CT molecular complexity index is 558. The van der Waals surface area contributed by atoms with Gasteiger partial charge in [-0.15, -0.1) is 13.2 Å². The van der Waals surface area contributed by atoms with Gasteiger partial charge in [-0.1, -0.05) is 15.9 Å². The second kappa shape index (κ2) is 6.71. The molecule has 0 saturated heterocycles. The molecular formula is C11H8BrF6NO3. The number of carbonyl (C=O) groups is 1. The van der Waals surface area contributed by atoms with E-state index < -0.39 is 47.6 Å². The highest BCUT2D eigenvalue weighted by molar-refractivity contribution is 9.08. The number of halogens is 7. The standard InChI is InChI=1S/C11H8BrF6NO3/c1-21-8(20)3-6-9(22-11(16,17)18)5(4-12)2-7(19-6)10(13,14)15/h2H,3-4H2,1H3. The number of alkyl halides is 7. The van der Waals surface area contributed by atoms with Gasteiger partial charge in [-0.05, 0) is 6.07 Å². The smallest absolute Gasteiger partial charge is 0.469 e. The molecule has 0 atom stereocenters. The van der Waals surface area contributed by atoms with Crippen molar-refractivity contribution in [3.05, 3.63) is 23.0 Å². The highest BCUT2D eigenvalue weighted by Gasteiger charge is 2.38. The van der Waals surface area contributed by atoms with Crippen LogP contribution in [0.25, 0.3) is 0 Å². The largest absolute Gasteiger partial charge is 0.573 e. The first-order chi connectivity index (χ1) is 9.97. The number of aromatic nitrogens is 1. The molecule has 124 valence electrons. The first-order valence-corrected chi connectivity index (χ1v) is 6.58. The summed E-state index contributed by atoms with van der Waals surface area (Å²) < 4.78 is 83.2. The summed E-state index contributed by atoms with van der Waals surface area (Å²) in [5, 5.41) is -0.363. The molecule has 4 nitrogen and oxygen atoms in total. The number of methoxy groups -OCH3 is 1. The van der Waals surface area contributed by atoms with Crippen molar-refractivity contribution in [3.8, 4) is 5.75 Å². The molecule has 1 rings (SSSR count). The number of ether oxygens (including phenoxy) is 2. The minimum Gasteiger partial charge on any atom is -0.469 e. The van der Waals surface area contributed by atoms with Crippen LogP contribution in [0.15, 0.2) is 6.07 Å². The molecule has 0 aliphatic rings. The molecule has 1 heterocycles. The highest BCUT2D eigenvalue weighted by atomic mass is 79.9. The van der Waals surface area contributed by atoms with Gasteiger partial charge in [0, 0.05) is 10.9 Å². The Balaban J connectivity index is 3.46. The van der Waals surface area contributed by atoms with Crippen molar-refractivity contribution in [2.75, 3.05) is 7.11 Å². The van der Waals surface area contributed by atoms with Crippen molar-refractivity contribution < 1.29 is 40.6 Å².